The average Bonchev–Trinajstić information content (AvgIpc) is 3.10. The van der Waals surface area contributed by atoms with Gasteiger partial charge in [0.25, 0.3) is 5.91 Å². The van der Waals surface area contributed by atoms with E-state index in [4.69, 9.17) is 4.74 Å². The summed E-state index contributed by atoms with van der Waals surface area (Å²) in [7, 11) is 0. The molecular weight excluding hydrogens is 416 g/mol. The van der Waals surface area contributed by atoms with E-state index in [9.17, 15) is 9.59 Å². The van der Waals surface area contributed by atoms with Gasteiger partial charge >= 0.3 is 5.97 Å². The molecule has 0 spiro atoms. The molecule has 2 rings (SSSR count). The minimum atomic E-state index is -0.426. The van der Waals surface area contributed by atoms with E-state index in [-0.39, 0.29) is 5.91 Å². The van der Waals surface area contributed by atoms with Crippen LogP contribution in [0.3, 0.4) is 0 Å². The number of carbonyl (C=O) groups is 2. The molecule has 0 saturated carbocycles. The van der Waals surface area contributed by atoms with Gasteiger partial charge in [0.15, 0.2) is 5.69 Å². The Morgan fingerprint density at radius 3 is 2.69 bits per heavy atom. The molecule has 26 heavy (non-hydrogen) atoms. The molecule has 0 N–H and O–H groups in total. The molecule has 7 heteroatoms. The number of hydrogen-bond donors (Lipinski definition) is 0. The third kappa shape index (κ3) is 5.64. The van der Waals surface area contributed by atoms with Crippen molar-refractivity contribution in [3.63, 3.8) is 0 Å². The molecule has 0 atom stereocenters. The molecule has 1 aromatic heterocycles. The van der Waals surface area contributed by atoms with E-state index in [0.29, 0.717) is 31.0 Å². The molecule has 5 nitrogen and oxygen atoms in total. The van der Waals surface area contributed by atoms with Crippen molar-refractivity contribution in [1.82, 2.24) is 9.88 Å². The molecule has 0 aliphatic rings. The smallest absolute Gasteiger partial charge is 0.357 e. The lowest BCUT2D eigenvalue weighted by Crippen LogP contribution is -2.31. The molecule has 0 saturated heterocycles. The summed E-state index contributed by atoms with van der Waals surface area (Å²) in [5.74, 6) is -0.467. The van der Waals surface area contributed by atoms with E-state index >= 15 is 0 Å². The quantitative estimate of drug-likeness (QED) is 0.411. The van der Waals surface area contributed by atoms with Gasteiger partial charge in [-0.15, -0.1) is 11.3 Å². The predicted octanol–water partition coefficient (Wildman–Crippen LogP) is 4.91. The van der Waals surface area contributed by atoms with Crippen LogP contribution in [0.15, 0.2) is 34.1 Å². The van der Waals surface area contributed by atoms with Gasteiger partial charge in [-0.05, 0) is 41.4 Å². The standard InChI is InChI=1S/C19H23BrN2O3S/c1-3-5-8-11-22(18(23)14-9-6-7-10-15(14)20)12-17-21-16(13-26-17)19(24)25-4-2/h6-7,9-10,13H,3-5,8,11-12H2,1-2H3. The lowest BCUT2D eigenvalue weighted by molar-refractivity contribution is 0.0520. The molecule has 0 radical (unpaired) electrons. The highest BCUT2D eigenvalue weighted by Crippen LogP contribution is 2.21. The number of halogens is 1. The fraction of sp³-hybridized carbons (Fsp3) is 0.421. The molecule has 0 aliphatic heterocycles. The summed E-state index contributed by atoms with van der Waals surface area (Å²) in [5, 5.41) is 2.41. The molecule has 1 heterocycles. The van der Waals surface area contributed by atoms with Crippen molar-refractivity contribution in [3.05, 3.63) is 50.4 Å². The normalized spacial score (nSPS) is 10.6. The van der Waals surface area contributed by atoms with Crippen LogP contribution in [0.4, 0.5) is 0 Å². The summed E-state index contributed by atoms with van der Waals surface area (Å²) in [6.07, 6.45) is 3.08. The number of esters is 1. The number of hydrogen-bond acceptors (Lipinski definition) is 5. The maximum atomic E-state index is 13.0. The van der Waals surface area contributed by atoms with Crippen molar-refractivity contribution in [3.8, 4) is 0 Å². The van der Waals surface area contributed by atoms with Crippen molar-refractivity contribution >= 4 is 39.1 Å². The SMILES string of the molecule is CCCCCN(Cc1nc(C(=O)OCC)cs1)C(=O)c1ccccc1Br. The first-order valence-electron chi connectivity index (χ1n) is 8.72. The van der Waals surface area contributed by atoms with Crippen molar-refractivity contribution < 1.29 is 14.3 Å². The highest BCUT2D eigenvalue weighted by molar-refractivity contribution is 9.10. The van der Waals surface area contributed by atoms with Gasteiger partial charge in [0, 0.05) is 16.4 Å². The van der Waals surface area contributed by atoms with Gasteiger partial charge in [0.05, 0.1) is 18.7 Å². The molecule has 140 valence electrons. The molecule has 0 aliphatic carbocycles. The van der Waals surface area contributed by atoms with Crippen molar-refractivity contribution in [1.29, 1.82) is 0 Å². The van der Waals surface area contributed by atoms with Crippen LogP contribution < -0.4 is 0 Å². The first-order chi connectivity index (χ1) is 12.6. The van der Waals surface area contributed by atoms with Gasteiger partial charge in [0.2, 0.25) is 0 Å². The zero-order valence-corrected chi connectivity index (χ0v) is 17.4. The van der Waals surface area contributed by atoms with E-state index in [1.807, 2.05) is 24.3 Å². The van der Waals surface area contributed by atoms with Gasteiger partial charge in [-0.3, -0.25) is 4.79 Å². The van der Waals surface area contributed by atoms with Crippen molar-refractivity contribution in [2.75, 3.05) is 13.2 Å². The first kappa shape index (κ1) is 20.6. The largest absolute Gasteiger partial charge is 0.461 e. The minimum absolute atomic E-state index is 0.0403. The highest BCUT2D eigenvalue weighted by Gasteiger charge is 2.20. The van der Waals surface area contributed by atoms with Crippen molar-refractivity contribution in [2.45, 2.75) is 39.7 Å². The summed E-state index contributed by atoms with van der Waals surface area (Å²) < 4.78 is 5.75. The number of nitrogens with zero attached hydrogens (tertiary/aromatic N) is 2. The van der Waals surface area contributed by atoms with Crippen LogP contribution in [-0.4, -0.2) is 34.9 Å². The van der Waals surface area contributed by atoms with Crippen LogP contribution in [0.5, 0.6) is 0 Å². The zero-order valence-electron chi connectivity index (χ0n) is 15.0. The number of carbonyl (C=O) groups excluding carboxylic acids is 2. The van der Waals surface area contributed by atoms with E-state index in [1.165, 1.54) is 11.3 Å². The van der Waals surface area contributed by atoms with Crippen LogP contribution >= 0.6 is 27.3 Å². The summed E-state index contributed by atoms with van der Waals surface area (Å²) >= 11 is 4.82. The monoisotopic (exact) mass is 438 g/mol. The second kappa shape index (κ2) is 10.4. The maximum absolute atomic E-state index is 13.0. The number of thiazole rings is 1. The Morgan fingerprint density at radius 1 is 1.23 bits per heavy atom. The zero-order chi connectivity index (χ0) is 18.9. The molecule has 1 aromatic carbocycles. The van der Waals surface area contributed by atoms with E-state index < -0.39 is 5.97 Å². The Labute approximate surface area is 166 Å². The van der Waals surface area contributed by atoms with E-state index in [0.717, 1.165) is 28.7 Å². The highest BCUT2D eigenvalue weighted by atomic mass is 79.9. The number of unbranched alkanes of at least 4 members (excludes halogenated alkanes) is 2. The fourth-order valence-corrected chi connectivity index (χ4v) is 3.69. The van der Waals surface area contributed by atoms with Crippen LogP contribution in [0.2, 0.25) is 0 Å². The van der Waals surface area contributed by atoms with Gasteiger partial charge in [-0.1, -0.05) is 31.9 Å². The Kier molecular flexibility index (Phi) is 8.25. The Bertz CT molecular complexity index is 748. The topological polar surface area (TPSA) is 59.5 Å². The lowest BCUT2D eigenvalue weighted by Gasteiger charge is -2.22. The number of rotatable bonds is 9. The second-order valence-corrected chi connectivity index (χ2v) is 7.56. The second-order valence-electron chi connectivity index (χ2n) is 5.76. The summed E-state index contributed by atoms with van der Waals surface area (Å²) in [5.41, 5.74) is 0.930. The third-order valence-electron chi connectivity index (χ3n) is 3.79. The van der Waals surface area contributed by atoms with Crippen LogP contribution in [0.25, 0.3) is 0 Å². The van der Waals surface area contributed by atoms with E-state index in [1.54, 1.807) is 17.2 Å². The fourth-order valence-electron chi connectivity index (χ4n) is 2.46. The molecule has 0 unspecified atom stereocenters. The van der Waals surface area contributed by atoms with Gasteiger partial charge in [-0.2, -0.15) is 0 Å². The van der Waals surface area contributed by atoms with Gasteiger partial charge in [0.1, 0.15) is 5.01 Å². The Hall–Kier alpha value is -1.73. The molecule has 2 aromatic rings. The molecule has 1 amide bonds. The van der Waals surface area contributed by atoms with Gasteiger partial charge in [-0.25, -0.2) is 9.78 Å². The predicted molar refractivity (Wildman–Crippen MR) is 106 cm³/mol. The summed E-state index contributed by atoms with van der Waals surface area (Å²) in [6, 6.07) is 7.41. The summed E-state index contributed by atoms with van der Waals surface area (Å²) in [4.78, 5) is 30.9. The first-order valence-corrected chi connectivity index (χ1v) is 10.4. The minimum Gasteiger partial charge on any atom is -0.461 e. The molecule has 0 fully saturated rings. The number of ether oxygens (including phenoxy) is 1. The average molecular weight is 439 g/mol. The number of amides is 1. The molecular formula is C19H23BrN2O3S. The van der Waals surface area contributed by atoms with Crippen LogP contribution in [0.1, 0.15) is 59.0 Å². The van der Waals surface area contributed by atoms with Crippen molar-refractivity contribution in [2.24, 2.45) is 0 Å². The Balaban J connectivity index is 2.15. The lowest BCUT2D eigenvalue weighted by atomic mass is 10.2. The summed E-state index contributed by atoms with van der Waals surface area (Å²) in [6.45, 7) is 5.25. The Morgan fingerprint density at radius 2 is 2.00 bits per heavy atom. The number of benzene rings is 1. The number of aromatic nitrogens is 1. The maximum Gasteiger partial charge on any atom is 0.357 e. The van der Waals surface area contributed by atoms with Crippen LogP contribution in [-0.2, 0) is 11.3 Å². The van der Waals surface area contributed by atoms with Crippen LogP contribution in [0, 0.1) is 0 Å². The van der Waals surface area contributed by atoms with E-state index in [2.05, 4.69) is 27.8 Å². The molecule has 0 bridgehead atoms. The van der Waals surface area contributed by atoms with Gasteiger partial charge < -0.3 is 9.64 Å². The third-order valence-corrected chi connectivity index (χ3v) is 5.31.